The molecule has 2 rings (SSSR count). The average Bonchev–Trinajstić information content (AvgIpc) is 2.88. The second kappa shape index (κ2) is 6.98. The quantitative estimate of drug-likeness (QED) is 0.856. The van der Waals surface area contributed by atoms with Crippen molar-refractivity contribution in [3.63, 3.8) is 0 Å². The first-order valence-corrected chi connectivity index (χ1v) is 6.73. The Morgan fingerprint density at radius 2 is 2.24 bits per heavy atom. The molecule has 21 heavy (non-hydrogen) atoms. The fourth-order valence-electron chi connectivity index (χ4n) is 1.70. The van der Waals surface area contributed by atoms with Gasteiger partial charge in [0.05, 0.1) is 17.9 Å². The molecule has 0 aliphatic carbocycles. The number of aryl methyl sites for hydroxylation is 1. The molecule has 0 saturated heterocycles. The molecule has 2 aromatic rings. The summed E-state index contributed by atoms with van der Waals surface area (Å²) in [6.45, 7) is 1.76. The Kier molecular flexibility index (Phi) is 5.04. The van der Waals surface area contributed by atoms with Crippen LogP contribution in [0, 0.1) is 18.8 Å². The lowest BCUT2D eigenvalue weighted by Crippen LogP contribution is -2.12. The van der Waals surface area contributed by atoms with E-state index in [4.69, 9.17) is 21.1 Å². The van der Waals surface area contributed by atoms with Crippen LogP contribution in [-0.4, -0.2) is 17.6 Å². The van der Waals surface area contributed by atoms with Gasteiger partial charge in [0.25, 0.3) is 5.91 Å². The molecule has 0 spiro atoms. The number of amides is 1. The number of aliphatic hydroxyl groups is 1. The second-order valence-electron chi connectivity index (χ2n) is 4.37. The number of furan rings is 1. The molecule has 0 saturated carbocycles. The molecule has 2 N–H and O–H groups in total. The summed E-state index contributed by atoms with van der Waals surface area (Å²) in [7, 11) is 0. The van der Waals surface area contributed by atoms with Gasteiger partial charge in [-0.15, -0.1) is 0 Å². The first kappa shape index (κ1) is 15.2. The zero-order chi connectivity index (χ0) is 15.2. The van der Waals surface area contributed by atoms with Crippen molar-refractivity contribution < 1.29 is 14.3 Å². The maximum Gasteiger partial charge on any atom is 0.258 e. The smallest absolute Gasteiger partial charge is 0.258 e. The minimum absolute atomic E-state index is 0.00339. The van der Waals surface area contributed by atoms with Gasteiger partial charge in [-0.2, -0.15) is 0 Å². The van der Waals surface area contributed by atoms with Crippen molar-refractivity contribution in [2.75, 3.05) is 11.9 Å². The summed E-state index contributed by atoms with van der Waals surface area (Å²) in [5, 5.41) is 12.0. The van der Waals surface area contributed by atoms with Crippen LogP contribution in [0.25, 0.3) is 0 Å². The SMILES string of the molecule is Cc1cc(C(=O)Nc2cc(Cl)ccc2C#CCCO)co1. The molecule has 0 aliphatic heterocycles. The van der Waals surface area contributed by atoms with Crippen molar-refractivity contribution in [1.29, 1.82) is 0 Å². The van der Waals surface area contributed by atoms with Crippen LogP contribution in [-0.2, 0) is 0 Å². The predicted molar refractivity (Wildman–Crippen MR) is 81.4 cm³/mol. The molecule has 0 unspecified atom stereocenters. The van der Waals surface area contributed by atoms with Gasteiger partial charge < -0.3 is 14.8 Å². The van der Waals surface area contributed by atoms with Crippen LogP contribution >= 0.6 is 11.6 Å². The molecule has 108 valence electrons. The molecule has 4 nitrogen and oxygen atoms in total. The van der Waals surface area contributed by atoms with E-state index >= 15 is 0 Å². The van der Waals surface area contributed by atoms with Gasteiger partial charge in [-0.1, -0.05) is 23.4 Å². The van der Waals surface area contributed by atoms with Crippen LogP contribution < -0.4 is 5.32 Å². The third-order valence-corrected chi connectivity index (χ3v) is 2.92. The molecule has 0 bridgehead atoms. The normalized spacial score (nSPS) is 9.86. The fourth-order valence-corrected chi connectivity index (χ4v) is 1.87. The number of halogens is 1. The molecule has 0 aliphatic rings. The summed E-state index contributed by atoms with van der Waals surface area (Å²) in [6.07, 6.45) is 1.77. The van der Waals surface area contributed by atoms with Gasteiger partial charge in [-0.05, 0) is 31.2 Å². The summed E-state index contributed by atoms with van der Waals surface area (Å²) < 4.78 is 5.11. The maximum absolute atomic E-state index is 12.1. The highest BCUT2D eigenvalue weighted by atomic mass is 35.5. The standard InChI is InChI=1S/C16H14ClNO3/c1-11-8-13(10-21-11)16(20)18-15-9-14(17)6-5-12(15)4-2-3-7-19/h5-6,8-10,19H,3,7H2,1H3,(H,18,20). The zero-order valence-electron chi connectivity index (χ0n) is 11.4. The van der Waals surface area contributed by atoms with Gasteiger partial charge >= 0.3 is 0 Å². The number of rotatable bonds is 3. The Bertz CT molecular complexity index is 710. The van der Waals surface area contributed by atoms with E-state index in [1.165, 1.54) is 6.26 Å². The van der Waals surface area contributed by atoms with Gasteiger partial charge in [0, 0.05) is 17.0 Å². The van der Waals surface area contributed by atoms with Crippen LogP contribution in [0.4, 0.5) is 5.69 Å². The van der Waals surface area contributed by atoms with Crippen molar-refractivity contribution >= 4 is 23.2 Å². The van der Waals surface area contributed by atoms with Crippen molar-refractivity contribution in [3.8, 4) is 11.8 Å². The van der Waals surface area contributed by atoms with E-state index in [0.717, 1.165) is 0 Å². The summed E-state index contributed by atoms with van der Waals surface area (Å²) in [4.78, 5) is 12.1. The number of hydrogen-bond acceptors (Lipinski definition) is 3. The van der Waals surface area contributed by atoms with Crippen molar-refractivity contribution in [2.45, 2.75) is 13.3 Å². The molecule has 0 fully saturated rings. The number of anilines is 1. The van der Waals surface area contributed by atoms with Crippen LogP contribution in [0.3, 0.4) is 0 Å². The Hall–Kier alpha value is -2.22. The Balaban J connectivity index is 2.24. The Labute approximate surface area is 127 Å². The molecule has 1 amide bonds. The maximum atomic E-state index is 12.1. The lowest BCUT2D eigenvalue weighted by atomic mass is 10.1. The topological polar surface area (TPSA) is 62.5 Å². The number of nitrogens with one attached hydrogen (secondary N) is 1. The van der Waals surface area contributed by atoms with Crippen LogP contribution in [0.1, 0.15) is 28.1 Å². The Morgan fingerprint density at radius 3 is 2.90 bits per heavy atom. The summed E-state index contributed by atoms with van der Waals surface area (Å²) >= 11 is 5.95. The van der Waals surface area contributed by atoms with Crippen LogP contribution in [0.15, 0.2) is 34.9 Å². The van der Waals surface area contributed by atoms with Crippen molar-refractivity contribution in [1.82, 2.24) is 0 Å². The third-order valence-electron chi connectivity index (χ3n) is 2.68. The van der Waals surface area contributed by atoms with Gasteiger partial charge in [0.15, 0.2) is 0 Å². The molecule has 0 radical (unpaired) electrons. The first-order valence-electron chi connectivity index (χ1n) is 6.36. The lowest BCUT2D eigenvalue weighted by Gasteiger charge is -2.07. The van der Waals surface area contributed by atoms with E-state index in [0.29, 0.717) is 34.0 Å². The van der Waals surface area contributed by atoms with Crippen LogP contribution in [0.5, 0.6) is 0 Å². The molecular weight excluding hydrogens is 290 g/mol. The van der Waals surface area contributed by atoms with E-state index in [9.17, 15) is 4.79 Å². The fraction of sp³-hybridized carbons (Fsp3) is 0.188. The molecule has 5 heteroatoms. The van der Waals surface area contributed by atoms with Gasteiger partial charge in [-0.25, -0.2) is 0 Å². The number of hydrogen-bond donors (Lipinski definition) is 2. The average molecular weight is 304 g/mol. The van der Waals surface area contributed by atoms with E-state index in [1.54, 1.807) is 31.2 Å². The van der Waals surface area contributed by atoms with Gasteiger partial charge in [0.2, 0.25) is 0 Å². The van der Waals surface area contributed by atoms with Crippen molar-refractivity contribution in [2.24, 2.45) is 0 Å². The predicted octanol–water partition coefficient (Wildman–Crippen LogP) is 3.23. The largest absolute Gasteiger partial charge is 0.469 e. The molecule has 1 aromatic carbocycles. The van der Waals surface area contributed by atoms with Crippen LogP contribution in [0.2, 0.25) is 5.02 Å². The molecular formula is C16H14ClNO3. The third kappa shape index (κ3) is 4.12. The monoisotopic (exact) mass is 303 g/mol. The first-order chi connectivity index (χ1) is 10.1. The highest BCUT2D eigenvalue weighted by Crippen LogP contribution is 2.21. The summed E-state index contributed by atoms with van der Waals surface area (Å²) in [5.41, 5.74) is 1.60. The molecule has 1 aromatic heterocycles. The summed E-state index contributed by atoms with van der Waals surface area (Å²) in [5.74, 6) is 6.08. The zero-order valence-corrected chi connectivity index (χ0v) is 12.2. The molecule has 1 heterocycles. The number of benzene rings is 1. The summed E-state index contributed by atoms with van der Waals surface area (Å²) in [6, 6.07) is 6.71. The highest BCUT2D eigenvalue weighted by molar-refractivity contribution is 6.31. The van der Waals surface area contributed by atoms with Gasteiger partial charge in [0.1, 0.15) is 12.0 Å². The van der Waals surface area contributed by atoms with E-state index in [1.807, 2.05) is 0 Å². The minimum Gasteiger partial charge on any atom is -0.469 e. The van der Waals surface area contributed by atoms with Gasteiger partial charge in [-0.3, -0.25) is 4.79 Å². The number of carbonyl (C=O) groups is 1. The number of carbonyl (C=O) groups excluding carboxylic acids is 1. The van der Waals surface area contributed by atoms with E-state index < -0.39 is 0 Å². The second-order valence-corrected chi connectivity index (χ2v) is 4.80. The molecule has 0 atom stereocenters. The van der Waals surface area contributed by atoms with E-state index in [2.05, 4.69) is 17.2 Å². The lowest BCUT2D eigenvalue weighted by molar-refractivity contribution is 0.102. The van der Waals surface area contributed by atoms with E-state index in [-0.39, 0.29) is 12.5 Å². The van der Waals surface area contributed by atoms with Crippen molar-refractivity contribution in [3.05, 3.63) is 52.4 Å². The highest BCUT2D eigenvalue weighted by Gasteiger charge is 2.11. The Morgan fingerprint density at radius 1 is 1.43 bits per heavy atom. The minimum atomic E-state index is -0.292. The number of aliphatic hydroxyl groups excluding tert-OH is 1.